The Morgan fingerprint density at radius 2 is 2.17 bits per heavy atom. The summed E-state index contributed by atoms with van der Waals surface area (Å²) in [6, 6.07) is 4.20. The third-order valence-electron chi connectivity index (χ3n) is 2.59. The molecule has 0 atom stereocenters. The molecule has 0 saturated heterocycles. The fraction of sp³-hybridized carbons (Fsp3) is 0.364. The second kappa shape index (κ2) is 4.85. The maximum Gasteiger partial charge on any atom is 0.149 e. The Kier molecular flexibility index (Phi) is 3.59. The molecular weight excluding hydrogens is 279 g/mol. The van der Waals surface area contributed by atoms with Crippen molar-refractivity contribution in [2.24, 2.45) is 0 Å². The van der Waals surface area contributed by atoms with Crippen molar-refractivity contribution in [2.45, 2.75) is 12.4 Å². The van der Waals surface area contributed by atoms with Crippen molar-refractivity contribution in [1.82, 2.24) is 9.55 Å². The SMILES string of the molecule is CS(=O)(=O)CCn1c(CCl)nc2ccc(F)cc21. The predicted molar refractivity (Wildman–Crippen MR) is 69.0 cm³/mol. The van der Waals surface area contributed by atoms with Gasteiger partial charge in [0.25, 0.3) is 0 Å². The first kappa shape index (κ1) is 13.3. The third kappa shape index (κ3) is 2.81. The van der Waals surface area contributed by atoms with Gasteiger partial charge in [0, 0.05) is 12.8 Å². The maximum atomic E-state index is 13.2. The molecule has 0 spiro atoms. The van der Waals surface area contributed by atoms with Crippen molar-refractivity contribution in [3.8, 4) is 0 Å². The molecule has 0 aliphatic heterocycles. The number of hydrogen-bond acceptors (Lipinski definition) is 3. The van der Waals surface area contributed by atoms with E-state index in [1.165, 1.54) is 12.1 Å². The lowest BCUT2D eigenvalue weighted by Crippen LogP contribution is -2.13. The molecule has 0 amide bonds. The van der Waals surface area contributed by atoms with Crippen molar-refractivity contribution < 1.29 is 12.8 Å². The lowest BCUT2D eigenvalue weighted by atomic mass is 10.3. The molecule has 2 aromatic rings. The number of nitrogens with zero attached hydrogens (tertiary/aromatic N) is 2. The van der Waals surface area contributed by atoms with Crippen molar-refractivity contribution in [3.63, 3.8) is 0 Å². The molecule has 4 nitrogen and oxygen atoms in total. The Labute approximate surface area is 109 Å². The molecule has 0 fully saturated rings. The predicted octanol–water partition coefficient (Wildman–Crippen LogP) is 1.96. The first-order valence-electron chi connectivity index (χ1n) is 5.29. The van der Waals surface area contributed by atoms with E-state index in [4.69, 9.17) is 11.6 Å². The van der Waals surface area contributed by atoms with E-state index in [2.05, 4.69) is 4.98 Å². The number of aryl methyl sites for hydroxylation is 1. The average Bonchev–Trinajstić information content (AvgIpc) is 2.62. The smallest absolute Gasteiger partial charge is 0.149 e. The minimum atomic E-state index is -3.09. The highest BCUT2D eigenvalue weighted by Crippen LogP contribution is 2.19. The molecule has 0 saturated carbocycles. The Morgan fingerprint density at radius 1 is 1.44 bits per heavy atom. The highest BCUT2D eigenvalue weighted by atomic mass is 35.5. The molecule has 1 heterocycles. The molecular formula is C11H12ClFN2O2S. The molecule has 0 aliphatic rings. The number of halogens is 2. The molecule has 2 rings (SSSR count). The molecule has 0 unspecified atom stereocenters. The lowest BCUT2D eigenvalue weighted by molar-refractivity contribution is 0.594. The zero-order valence-corrected chi connectivity index (χ0v) is 11.3. The van der Waals surface area contributed by atoms with Crippen LogP contribution in [0.25, 0.3) is 11.0 Å². The Bertz CT molecular complexity index is 682. The maximum absolute atomic E-state index is 13.2. The topological polar surface area (TPSA) is 52.0 Å². The van der Waals surface area contributed by atoms with E-state index in [9.17, 15) is 12.8 Å². The van der Waals surface area contributed by atoms with Crippen molar-refractivity contribution in [2.75, 3.05) is 12.0 Å². The Balaban J connectivity index is 2.49. The van der Waals surface area contributed by atoms with Gasteiger partial charge in [0.1, 0.15) is 21.5 Å². The molecule has 0 aliphatic carbocycles. The second-order valence-corrected chi connectivity index (χ2v) is 6.60. The van der Waals surface area contributed by atoms with Gasteiger partial charge in [0.2, 0.25) is 0 Å². The fourth-order valence-corrected chi connectivity index (χ4v) is 2.47. The van der Waals surface area contributed by atoms with E-state index >= 15 is 0 Å². The van der Waals surface area contributed by atoms with Gasteiger partial charge in [-0.15, -0.1) is 11.6 Å². The number of rotatable bonds is 4. The van der Waals surface area contributed by atoms with E-state index in [0.717, 1.165) is 6.26 Å². The summed E-state index contributed by atoms with van der Waals surface area (Å²) in [5.41, 5.74) is 1.18. The summed E-state index contributed by atoms with van der Waals surface area (Å²) in [4.78, 5) is 4.24. The van der Waals surface area contributed by atoms with Gasteiger partial charge in [-0.2, -0.15) is 0 Å². The van der Waals surface area contributed by atoms with Gasteiger partial charge in [-0.3, -0.25) is 0 Å². The number of alkyl halides is 1. The van der Waals surface area contributed by atoms with Crippen LogP contribution < -0.4 is 0 Å². The average molecular weight is 291 g/mol. The van der Waals surface area contributed by atoms with Crippen LogP contribution in [0.1, 0.15) is 5.82 Å². The number of fused-ring (bicyclic) bond motifs is 1. The van der Waals surface area contributed by atoms with Crippen LogP contribution >= 0.6 is 11.6 Å². The molecule has 1 aromatic carbocycles. The van der Waals surface area contributed by atoms with Gasteiger partial charge in [-0.1, -0.05) is 0 Å². The number of hydrogen-bond donors (Lipinski definition) is 0. The zero-order chi connectivity index (χ0) is 13.3. The Morgan fingerprint density at radius 3 is 2.78 bits per heavy atom. The van der Waals surface area contributed by atoms with E-state index in [1.54, 1.807) is 10.6 Å². The zero-order valence-electron chi connectivity index (χ0n) is 9.73. The second-order valence-electron chi connectivity index (χ2n) is 4.08. The van der Waals surface area contributed by atoms with Crippen molar-refractivity contribution >= 4 is 32.5 Å². The molecule has 7 heteroatoms. The highest BCUT2D eigenvalue weighted by molar-refractivity contribution is 7.90. The monoisotopic (exact) mass is 290 g/mol. The molecule has 98 valence electrons. The van der Waals surface area contributed by atoms with E-state index in [0.29, 0.717) is 16.9 Å². The summed E-state index contributed by atoms with van der Waals surface area (Å²) in [6.07, 6.45) is 1.16. The number of benzene rings is 1. The van der Waals surface area contributed by atoms with Crippen LogP contribution in [0, 0.1) is 5.82 Å². The number of sulfone groups is 1. The first-order valence-corrected chi connectivity index (χ1v) is 7.88. The number of imidazole rings is 1. The molecule has 0 bridgehead atoms. The molecule has 0 radical (unpaired) electrons. The summed E-state index contributed by atoms with van der Waals surface area (Å²) in [6.45, 7) is 0.223. The molecule has 0 N–H and O–H groups in total. The fourth-order valence-electron chi connectivity index (χ4n) is 1.75. The van der Waals surface area contributed by atoms with E-state index in [1.807, 2.05) is 0 Å². The third-order valence-corrected chi connectivity index (χ3v) is 3.76. The van der Waals surface area contributed by atoms with Crippen molar-refractivity contribution in [3.05, 3.63) is 29.8 Å². The first-order chi connectivity index (χ1) is 8.40. The van der Waals surface area contributed by atoms with Crippen LogP contribution in [-0.4, -0.2) is 30.0 Å². The van der Waals surface area contributed by atoms with Gasteiger partial charge >= 0.3 is 0 Å². The van der Waals surface area contributed by atoms with Crippen LogP contribution in [0.4, 0.5) is 4.39 Å². The highest BCUT2D eigenvalue weighted by Gasteiger charge is 2.12. The minimum Gasteiger partial charge on any atom is -0.326 e. The van der Waals surface area contributed by atoms with E-state index < -0.39 is 9.84 Å². The standard InChI is InChI=1S/C11H12ClFN2O2S/c1-18(16,17)5-4-15-10-6-8(13)2-3-9(10)14-11(15)7-12/h2-3,6H,4-5,7H2,1H3. The quantitative estimate of drug-likeness (QED) is 0.809. The van der Waals surface area contributed by atoms with Gasteiger partial charge in [-0.05, 0) is 18.2 Å². The summed E-state index contributed by atoms with van der Waals surface area (Å²) < 4.78 is 37.2. The normalized spacial score (nSPS) is 12.2. The van der Waals surface area contributed by atoms with E-state index in [-0.39, 0.29) is 24.0 Å². The summed E-state index contributed by atoms with van der Waals surface area (Å²) in [5.74, 6) is 0.281. The van der Waals surface area contributed by atoms with Gasteiger partial charge in [-0.25, -0.2) is 17.8 Å². The van der Waals surface area contributed by atoms with Crippen LogP contribution in [-0.2, 0) is 22.3 Å². The largest absolute Gasteiger partial charge is 0.326 e. The van der Waals surface area contributed by atoms with Gasteiger partial charge in [0.15, 0.2) is 0 Å². The molecule has 18 heavy (non-hydrogen) atoms. The summed E-state index contributed by atoms with van der Waals surface area (Å²) in [5, 5.41) is 0. The van der Waals surface area contributed by atoms with Gasteiger partial charge < -0.3 is 4.57 Å². The lowest BCUT2D eigenvalue weighted by Gasteiger charge is -2.06. The molecule has 1 aromatic heterocycles. The Hall–Kier alpha value is -1.14. The summed E-state index contributed by atoms with van der Waals surface area (Å²) >= 11 is 5.77. The summed E-state index contributed by atoms with van der Waals surface area (Å²) in [7, 11) is -3.09. The minimum absolute atomic E-state index is 0.0289. The van der Waals surface area contributed by atoms with Crippen LogP contribution in [0.15, 0.2) is 18.2 Å². The van der Waals surface area contributed by atoms with Crippen LogP contribution in [0.2, 0.25) is 0 Å². The number of aromatic nitrogens is 2. The van der Waals surface area contributed by atoms with Gasteiger partial charge in [0.05, 0.1) is 22.7 Å². The van der Waals surface area contributed by atoms with Crippen LogP contribution in [0.3, 0.4) is 0 Å². The van der Waals surface area contributed by atoms with Crippen molar-refractivity contribution in [1.29, 1.82) is 0 Å². The van der Waals surface area contributed by atoms with Crippen LogP contribution in [0.5, 0.6) is 0 Å².